The van der Waals surface area contributed by atoms with Crippen LogP contribution in [-0.4, -0.2) is 46.0 Å². The van der Waals surface area contributed by atoms with E-state index in [2.05, 4.69) is 15.2 Å². The Hall–Kier alpha value is -1.89. The lowest BCUT2D eigenvalue weighted by Crippen LogP contribution is -2.44. The lowest BCUT2D eigenvalue weighted by atomic mass is 9.94. The van der Waals surface area contributed by atoms with Gasteiger partial charge in [-0.2, -0.15) is 0 Å². The van der Waals surface area contributed by atoms with Crippen molar-refractivity contribution in [2.45, 2.75) is 51.0 Å². The Morgan fingerprint density at radius 3 is 2.56 bits per heavy atom. The molecule has 0 unspecified atom stereocenters. The zero-order valence-electron chi connectivity index (χ0n) is 14.9. The van der Waals surface area contributed by atoms with Crippen LogP contribution in [0.5, 0.6) is 0 Å². The first-order chi connectivity index (χ1) is 12.1. The molecule has 0 spiro atoms. The number of aromatic amines is 1. The molecule has 1 amide bonds. The predicted octanol–water partition coefficient (Wildman–Crippen LogP) is 0.387. The molecule has 0 aromatic carbocycles. The van der Waals surface area contributed by atoms with Crippen molar-refractivity contribution in [2.24, 2.45) is 13.0 Å². The Bertz CT molecular complexity index is 710. The van der Waals surface area contributed by atoms with E-state index in [-0.39, 0.29) is 17.4 Å². The average molecular weight is 348 g/mol. The van der Waals surface area contributed by atoms with E-state index in [1.54, 1.807) is 0 Å². The summed E-state index contributed by atoms with van der Waals surface area (Å²) < 4.78 is 1.05. The number of H-pyrrole nitrogens is 1. The van der Waals surface area contributed by atoms with Crippen LogP contribution in [0.1, 0.15) is 44.1 Å². The molecule has 25 heavy (non-hydrogen) atoms. The molecule has 2 fully saturated rings. The minimum absolute atomic E-state index is 0.0797. The van der Waals surface area contributed by atoms with Crippen molar-refractivity contribution >= 4 is 5.91 Å². The second kappa shape index (κ2) is 7.99. The van der Waals surface area contributed by atoms with Crippen molar-refractivity contribution in [3.05, 3.63) is 32.6 Å². The first-order valence-corrected chi connectivity index (χ1v) is 9.35. The van der Waals surface area contributed by atoms with Gasteiger partial charge in [0, 0.05) is 37.3 Å². The number of nitrogens with one attached hydrogen (secondary N) is 2. The Morgan fingerprint density at radius 2 is 1.88 bits per heavy atom. The SMILES string of the molecule is Cn1c(=O)[nH]cc(CCNC(=O)C2CCN(C3CCCC3)CC2)c1=O. The Labute approximate surface area is 147 Å². The highest BCUT2D eigenvalue weighted by molar-refractivity contribution is 5.78. The van der Waals surface area contributed by atoms with Crippen molar-refractivity contribution in [1.82, 2.24) is 19.8 Å². The summed E-state index contributed by atoms with van der Waals surface area (Å²) in [5.41, 5.74) is -0.215. The molecule has 0 bridgehead atoms. The highest BCUT2D eigenvalue weighted by Crippen LogP contribution is 2.27. The average Bonchev–Trinajstić information content (AvgIpc) is 3.16. The maximum absolute atomic E-state index is 12.4. The van der Waals surface area contributed by atoms with E-state index >= 15 is 0 Å². The molecule has 1 saturated heterocycles. The lowest BCUT2D eigenvalue weighted by molar-refractivity contribution is -0.126. The highest BCUT2D eigenvalue weighted by Gasteiger charge is 2.29. The van der Waals surface area contributed by atoms with Crippen LogP contribution in [0.4, 0.5) is 0 Å². The molecule has 0 atom stereocenters. The van der Waals surface area contributed by atoms with E-state index in [1.807, 2.05) is 0 Å². The van der Waals surface area contributed by atoms with Gasteiger partial charge in [-0.1, -0.05) is 12.8 Å². The summed E-state index contributed by atoms with van der Waals surface area (Å²) in [4.78, 5) is 40.7. The quantitative estimate of drug-likeness (QED) is 0.806. The van der Waals surface area contributed by atoms with E-state index in [9.17, 15) is 14.4 Å². The van der Waals surface area contributed by atoms with Crippen molar-refractivity contribution in [3.8, 4) is 0 Å². The molecular weight excluding hydrogens is 320 g/mol. The summed E-state index contributed by atoms with van der Waals surface area (Å²) in [6.45, 7) is 2.45. The molecule has 2 aliphatic rings. The number of nitrogens with zero attached hydrogens (tertiary/aromatic N) is 2. The fourth-order valence-corrected chi connectivity index (χ4v) is 4.06. The van der Waals surface area contributed by atoms with Gasteiger partial charge < -0.3 is 15.2 Å². The number of piperidine rings is 1. The molecule has 0 radical (unpaired) electrons. The van der Waals surface area contributed by atoms with Gasteiger partial charge in [-0.05, 0) is 45.2 Å². The third-order valence-electron chi connectivity index (χ3n) is 5.69. The zero-order chi connectivity index (χ0) is 17.8. The summed E-state index contributed by atoms with van der Waals surface area (Å²) in [6.07, 6.45) is 9.01. The number of aromatic nitrogens is 2. The van der Waals surface area contributed by atoms with Gasteiger partial charge in [0.2, 0.25) is 5.91 Å². The standard InChI is InChI=1S/C18H28N4O3/c1-21-17(24)14(12-20-18(21)25)6-9-19-16(23)13-7-10-22(11-8-13)15-4-2-3-5-15/h12-13,15H,2-11H2,1H3,(H,19,23)(H,20,25). The Morgan fingerprint density at radius 1 is 1.20 bits per heavy atom. The number of carbonyl (C=O) groups excluding carboxylic acids is 1. The number of rotatable bonds is 5. The maximum atomic E-state index is 12.4. The van der Waals surface area contributed by atoms with E-state index in [1.165, 1.54) is 38.9 Å². The largest absolute Gasteiger partial charge is 0.356 e. The lowest BCUT2D eigenvalue weighted by Gasteiger charge is -2.35. The number of likely N-dealkylation sites (tertiary alicyclic amines) is 1. The van der Waals surface area contributed by atoms with Gasteiger partial charge in [-0.3, -0.25) is 14.2 Å². The van der Waals surface area contributed by atoms with Crippen LogP contribution in [0.25, 0.3) is 0 Å². The van der Waals surface area contributed by atoms with Crippen LogP contribution in [-0.2, 0) is 18.3 Å². The van der Waals surface area contributed by atoms with Gasteiger partial charge in [0.1, 0.15) is 0 Å². The number of carbonyl (C=O) groups is 1. The summed E-state index contributed by atoms with van der Waals surface area (Å²) in [6, 6.07) is 0.737. The van der Waals surface area contributed by atoms with Crippen LogP contribution in [0, 0.1) is 5.92 Å². The molecule has 7 heteroatoms. The molecule has 3 rings (SSSR count). The summed E-state index contributed by atoms with van der Waals surface area (Å²) in [5, 5.41) is 2.95. The van der Waals surface area contributed by atoms with Crippen LogP contribution < -0.4 is 16.6 Å². The fourth-order valence-electron chi connectivity index (χ4n) is 4.06. The third kappa shape index (κ3) is 4.21. The maximum Gasteiger partial charge on any atom is 0.328 e. The monoisotopic (exact) mass is 348 g/mol. The smallest absolute Gasteiger partial charge is 0.328 e. The molecule has 2 heterocycles. The molecule has 1 saturated carbocycles. The molecule has 1 aliphatic heterocycles. The highest BCUT2D eigenvalue weighted by atomic mass is 16.2. The Kier molecular flexibility index (Phi) is 5.73. The summed E-state index contributed by atoms with van der Waals surface area (Å²) in [5.74, 6) is 0.170. The first-order valence-electron chi connectivity index (χ1n) is 9.35. The summed E-state index contributed by atoms with van der Waals surface area (Å²) >= 11 is 0. The van der Waals surface area contributed by atoms with E-state index < -0.39 is 5.69 Å². The summed E-state index contributed by atoms with van der Waals surface area (Å²) in [7, 11) is 1.45. The minimum Gasteiger partial charge on any atom is -0.356 e. The Balaban J connectivity index is 1.43. The molecule has 1 aromatic heterocycles. The molecule has 1 aromatic rings. The van der Waals surface area contributed by atoms with Crippen LogP contribution in [0.3, 0.4) is 0 Å². The molecule has 1 aliphatic carbocycles. The van der Waals surface area contributed by atoms with Gasteiger partial charge in [0.15, 0.2) is 0 Å². The van der Waals surface area contributed by atoms with Crippen LogP contribution in [0.2, 0.25) is 0 Å². The molecule has 7 nitrogen and oxygen atoms in total. The fraction of sp³-hybridized carbons (Fsp3) is 0.722. The van der Waals surface area contributed by atoms with Gasteiger partial charge in [-0.15, -0.1) is 0 Å². The second-order valence-corrected chi connectivity index (χ2v) is 7.27. The van der Waals surface area contributed by atoms with Crippen molar-refractivity contribution in [1.29, 1.82) is 0 Å². The second-order valence-electron chi connectivity index (χ2n) is 7.27. The zero-order valence-corrected chi connectivity index (χ0v) is 14.9. The first kappa shape index (κ1) is 17.9. The normalized spacial score (nSPS) is 20.0. The van der Waals surface area contributed by atoms with Gasteiger partial charge >= 0.3 is 5.69 Å². The topological polar surface area (TPSA) is 87.2 Å². The predicted molar refractivity (Wildman–Crippen MR) is 95.6 cm³/mol. The van der Waals surface area contributed by atoms with E-state index in [4.69, 9.17) is 0 Å². The number of amides is 1. The van der Waals surface area contributed by atoms with Gasteiger partial charge in [0.25, 0.3) is 5.56 Å². The van der Waals surface area contributed by atoms with Crippen LogP contribution in [0.15, 0.2) is 15.8 Å². The van der Waals surface area contributed by atoms with E-state index in [0.717, 1.165) is 36.5 Å². The molecular formula is C18H28N4O3. The molecule has 138 valence electrons. The van der Waals surface area contributed by atoms with E-state index in [0.29, 0.717) is 18.5 Å². The van der Waals surface area contributed by atoms with Gasteiger partial charge in [-0.25, -0.2) is 4.79 Å². The van der Waals surface area contributed by atoms with Crippen molar-refractivity contribution < 1.29 is 4.79 Å². The van der Waals surface area contributed by atoms with Crippen molar-refractivity contribution in [2.75, 3.05) is 19.6 Å². The van der Waals surface area contributed by atoms with Crippen molar-refractivity contribution in [3.63, 3.8) is 0 Å². The minimum atomic E-state index is -0.424. The molecule has 2 N–H and O–H groups in total. The van der Waals surface area contributed by atoms with Crippen LogP contribution >= 0.6 is 0 Å². The van der Waals surface area contributed by atoms with Gasteiger partial charge in [0.05, 0.1) is 0 Å². The number of hydrogen-bond donors (Lipinski definition) is 2. The number of hydrogen-bond acceptors (Lipinski definition) is 4. The third-order valence-corrected chi connectivity index (χ3v) is 5.69.